The number of aliphatic hydroxyl groups excluding tert-OH is 1. The van der Waals surface area contributed by atoms with Crippen LogP contribution in [-0.2, 0) is 9.53 Å². The summed E-state index contributed by atoms with van der Waals surface area (Å²) in [6, 6.07) is 4.74. The Balaban J connectivity index is 0.000000331. The molecule has 0 radical (unpaired) electrons. The van der Waals surface area contributed by atoms with Crippen LogP contribution in [0.25, 0.3) is 0 Å². The van der Waals surface area contributed by atoms with Crippen LogP contribution in [0.15, 0.2) is 46.1 Å². The standard InChI is InChI=1S/C16H25FO.C12H18N2O.C6H13NO2/c1-4-6-7-9-15(8-5-2)18-16-11-10-14(17)12-13(16)3;1-3-9(2)7-14-12-6-4-5-10(12)11(13)8-15;1-7-2-3-9-6(4-7)5-8/h10-12,15H,4-9H2,1-3H3;3,8H,4-7,13H2,1-2H3;6,8H,2-5H2,1H3/b;9-3+,11-10-,14-12?;. The largest absolute Gasteiger partial charge is 0.490 e. The number of morpholine rings is 1. The van der Waals surface area contributed by atoms with Gasteiger partial charge in [-0.05, 0) is 95.7 Å². The minimum atomic E-state index is -0.196. The molecule has 1 aromatic rings. The fourth-order valence-electron chi connectivity index (χ4n) is 4.70. The first kappa shape index (κ1) is 37.5. The molecule has 0 amide bonds. The maximum absolute atomic E-state index is 13.0. The van der Waals surface area contributed by atoms with Crippen LogP contribution in [0.3, 0.4) is 0 Å². The van der Waals surface area contributed by atoms with Crippen molar-refractivity contribution in [3.05, 3.63) is 52.5 Å². The first-order valence-corrected chi connectivity index (χ1v) is 15.6. The van der Waals surface area contributed by atoms with E-state index in [0.29, 0.717) is 12.2 Å². The van der Waals surface area contributed by atoms with Gasteiger partial charge in [0.1, 0.15) is 11.6 Å². The zero-order valence-electron chi connectivity index (χ0n) is 27.0. The van der Waals surface area contributed by atoms with Crippen molar-refractivity contribution in [2.45, 2.75) is 105 Å². The van der Waals surface area contributed by atoms with Crippen molar-refractivity contribution in [3.8, 4) is 5.75 Å². The second kappa shape index (κ2) is 22.1. The Labute approximate surface area is 254 Å². The van der Waals surface area contributed by atoms with E-state index >= 15 is 0 Å². The summed E-state index contributed by atoms with van der Waals surface area (Å²) in [5, 5.41) is 8.66. The fourth-order valence-corrected chi connectivity index (χ4v) is 4.70. The molecule has 3 N–H and O–H groups in total. The number of rotatable bonds is 12. The molecule has 0 spiro atoms. The molecule has 2 aliphatic rings. The monoisotopic (exact) mass is 589 g/mol. The summed E-state index contributed by atoms with van der Waals surface area (Å²) in [5.74, 6) is 0.629. The van der Waals surface area contributed by atoms with Crippen LogP contribution >= 0.6 is 0 Å². The molecule has 1 aliphatic carbocycles. The Morgan fingerprint density at radius 2 is 2.02 bits per heavy atom. The van der Waals surface area contributed by atoms with E-state index in [2.05, 4.69) is 23.7 Å². The maximum atomic E-state index is 13.0. The summed E-state index contributed by atoms with van der Waals surface area (Å²) in [5.41, 5.74) is 10.1. The molecular weight excluding hydrogens is 533 g/mol. The van der Waals surface area contributed by atoms with Crippen LogP contribution in [0.1, 0.15) is 91.0 Å². The van der Waals surface area contributed by atoms with E-state index in [0.717, 1.165) is 87.1 Å². The maximum Gasteiger partial charge on any atom is 0.166 e. The molecule has 42 heavy (non-hydrogen) atoms. The number of hydrogen-bond acceptors (Lipinski definition) is 7. The van der Waals surface area contributed by atoms with E-state index in [-0.39, 0.29) is 24.6 Å². The molecule has 0 aromatic heterocycles. The molecule has 238 valence electrons. The number of aliphatic hydroxyl groups is 1. The Bertz CT molecular complexity index is 1010. The number of likely N-dealkylation sites (N-methyl/N-ethyl adjacent to an activating group) is 1. The highest BCUT2D eigenvalue weighted by Crippen LogP contribution is 2.24. The average Bonchev–Trinajstić information content (AvgIpc) is 3.46. The molecule has 2 unspecified atom stereocenters. The number of aliphatic imine (C=N–C) groups is 1. The van der Waals surface area contributed by atoms with E-state index in [1.54, 1.807) is 6.07 Å². The number of hydrogen-bond donors (Lipinski definition) is 2. The number of halogens is 1. The first-order valence-electron chi connectivity index (χ1n) is 15.6. The van der Waals surface area contributed by atoms with Crippen molar-refractivity contribution in [1.82, 2.24) is 4.90 Å². The summed E-state index contributed by atoms with van der Waals surface area (Å²) in [6.45, 7) is 13.8. The second-order valence-corrected chi connectivity index (χ2v) is 11.2. The van der Waals surface area contributed by atoms with Crippen molar-refractivity contribution in [2.75, 3.05) is 39.9 Å². The molecule has 7 nitrogen and oxygen atoms in total. The number of ether oxygens (including phenoxy) is 2. The first-order chi connectivity index (χ1) is 20.2. The van der Waals surface area contributed by atoms with Gasteiger partial charge in [-0.3, -0.25) is 9.79 Å². The molecule has 2 atom stereocenters. The van der Waals surface area contributed by atoms with Crippen molar-refractivity contribution >= 4 is 12.0 Å². The fraction of sp³-hybridized carbons (Fsp3) is 0.647. The highest BCUT2D eigenvalue weighted by atomic mass is 19.1. The van der Waals surface area contributed by atoms with E-state index in [9.17, 15) is 9.18 Å². The van der Waals surface area contributed by atoms with Gasteiger partial charge < -0.3 is 25.2 Å². The van der Waals surface area contributed by atoms with Gasteiger partial charge in [0.2, 0.25) is 0 Å². The van der Waals surface area contributed by atoms with Gasteiger partial charge in [-0.15, -0.1) is 0 Å². The third-order valence-corrected chi connectivity index (χ3v) is 7.39. The Hall–Kier alpha value is -2.55. The van der Waals surface area contributed by atoms with E-state index < -0.39 is 0 Å². The predicted molar refractivity (Wildman–Crippen MR) is 172 cm³/mol. The van der Waals surface area contributed by atoms with Crippen LogP contribution in [-0.4, -0.2) is 74.1 Å². The number of carbonyl (C=O) groups excluding carboxylic acids is 1. The molecule has 1 saturated carbocycles. The third-order valence-electron chi connectivity index (χ3n) is 7.39. The number of allylic oxidation sites excluding steroid dienone is 3. The van der Waals surface area contributed by atoms with Crippen molar-refractivity contribution in [1.29, 1.82) is 0 Å². The highest BCUT2D eigenvalue weighted by Gasteiger charge is 2.18. The van der Waals surface area contributed by atoms with Gasteiger partial charge in [0.15, 0.2) is 6.29 Å². The van der Waals surface area contributed by atoms with Gasteiger partial charge in [-0.1, -0.05) is 44.8 Å². The van der Waals surface area contributed by atoms with E-state index in [4.69, 9.17) is 20.3 Å². The molecule has 8 heteroatoms. The molecule has 0 bridgehead atoms. The topological polar surface area (TPSA) is 97.4 Å². The average molecular weight is 590 g/mol. The summed E-state index contributed by atoms with van der Waals surface area (Å²) in [7, 11) is 2.03. The zero-order valence-corrected chi connectivity index (χ0v) is 27.0. The summed E-state index contributed by atoms with van der Waals surface area (Å²) < 4.78 is 24.3. The number of aryl methyl sites for hydroxylation is 1. The molecule has 1 aliphatic heterocycles. The van der Waals surface area contributed by atoms with Gasteiger partial charge in [0.25, 0.3) is 0 Å². The number of aldehydes is 1. The lowest BCUT2D eigenvalue weighted by Gasteiger charge is -2.28. The Morgan fingerprint density at radius 1 is 1.26 bits per heavy atom. The lowest BCUT2D eigenvalue weighted by Crippen LogP contribution is -2.41. The molecule has 1 saturated heterocycles. The van der Waals surface area contributed by atoms with Crippen LogP contribution < -0.4 is 10.5 Å². The van der Waals surface area contributed by atoms with E-state index in [1.807, 2.05) is 33.9 Å². The van der Waals surface area contributed by atoms with Gasteiger partial charge in [0, 0.05) is 18.8 Å². The molecule has 3 rings (SSSR count). The van der Waals surface area contributed by atoms with E-state index in [1.165, 1.54) is 37.0 Å². The number of benzene rings is 1. The summed E-state index contributed by atoms with van der Waals surface area (Å²) >= 11 is 0. The number of unbranched alkanes of at least 4 members (excludes halogenated alkanes) is 2. The quantitative estimate of drug-likeness (QED) is 0.124. The number of nitrogens with zero attached hydrogens (tertiary/aromatic N) is 2. The highest BCUT2D eigenvalue weighted by molar-refractivity contribution is 6.05. The molecule has 1 heterocycles. The van der Waals surface area contributed by atoms with Crippen molar-refractivity contribution < 1.29 is 23.8 Å². The van der Waals surface area contributed by atoms with Gasteiger partial charge in [-0.2, -0.15) is 0 Å². The smallest absolute Gasteiger partial charge is 0.166 e. The second-order valence-electron chi connectivity index (χ2n) is 11.2. The lowest BCUT2D eigenvalue weighted by atomic mass is 10.1. The van der Waals surface area contributed by atoms with Crippen molar-refractivity contribution in [3.63, 3.8) is 0 Å². The summed E-state index contributed by atoms with van der Waals surface area (Å²) in [6.07, 6.45) is 13.0. The minimum absolute atomic E-state index is 0.0451. The van der Waals surface area contributed by atoms with Crippen LogP contribution in [0.4, 0.5) is 4.39 Å². The number of carbonyl (C=O) groups is 1. The normalized spacial score (nSPS) is 20.2. The van der Waals surface area contributed by atoms with Crippen LogP contribution in [0.5, 0.6) is 5.75 Å². The van der Waals surface area contributed by atoms with Crippen molar-refractivity contribution in [2.24, 2.45) is 10.7 Å². The lowest BCUT2D eigenvalue weighted by molar-refractivity contribution is -0.105. The molecule has 2 fully saturated rings. The SMILES string of the molecule is C/C=C(\C)CN=C1CCC/C1=C(/N)C=O.CCCCCC(CCC)Oc1ccc(F)cc1C.CN1CCOC(CO)C1. The van der Waals surface area contributed by atoms with Crippen LogP contribution in [0.2, 0.25) is 0 Å². The van der Waals surface area contributed by atoms with Gasteiger partial charge >= 0.3 is 0 Å². The molecular formula is C34H56FN3O4. The van der Waals surface area contributed by atoms with Gasteiger partial charge in [-0.25, -0.2) is 4.39 Å². The van der Waals surface area contributed by atoms with Gasteiger partial charge in [0.05, 0.1) is 37.7 Å². The number of nitrogens with two attached hydrogens (primary N) is 1. The summed E-state index contributed by atoms with van der Waals surface area (Å²) in [4.78, 5) is 17.2. The minimum Gasteiger partial charge on any atom is -0.490 e. The Kier molecular flexibility index (Phi) is 19.7. The van der Waals surface area contributed by atoms with Crippen LogP contribution in [0, 0.1) is 12.7 Å². The Morgan fingerprint density at radius 3 is 2.60 bits per heavy atom. The molecule has 1 aromatic carbocycles. The zero-order chi connectivity index (χ0) is 31.3. The third kappa shape index (κ3) is 15.1. The predicted octanol–water partition coefficient (Wildman–Crippen LogP) is 6.56.